The average molecular weight is 341 g/mol. The first-order chi connectivity index (χ1) is 10.7. The lowest BCUT2D eigenvalue weighted by atomic mass is 9.96. The van der Waals surface area contributed by atoms with Gasteiger partial charge in [-0.15, -0.1) is 0 Å². The second-order valence-corrected chi connectivity index (χ2v) is 7.30. The third-order valence-corrected chi connectivity index (χ3v) is 4.65. The van der Waals surface area contributed by atoms with Gasteiger partial charge >= 0.3 is 0 Å². The summed E-state index contributed by atoms with van der Waals surface area (Å²) < 4.78 is 52.4. The van der Waals surface area contributed by atoms with Gasteiger partial charge in [0.2, 0.25) is 10.0 Å². The van der Waals surface area contributed by atoms with E-state index in [2.05, 4.69) is 4.72 Å². The molecule has 0 aromatic heterocycles. The molecule has 7 heteroatoms. The summed E-state index contributed by atoms with van der Waals surface area (Å²) in [4.78, 5) is 0. The minimum absolute atomic E-state index is 0.281. The van der Waals surface area contributed by atoms with E-state index in [1.807, 2.05) is 0 Å². The van der Waals surface area contributed by atoms with Gasteiger partial charge in [0.05, 0.1) is 5.75 Å². The van der Waals surface area contributed by atoms with Crippen molar-refractivity contribution in [3.63, 3.8) is 0 Å². The first-order valence-corrected chi connectivity index (χ1v) is 8.53. The van der Waals surface area contributed by atoms with Crippen LogP contribution in [0, 0.1) is 11.6 Å². The number of nitrogens with one attached hydrogen (secondary N) is 1. The number of rotatable bonds is 6. The lowest BCUT2D eigenvalue weighted by molar-refractivity contribution is 0.0627. The van der Waals surface area contributed by atoms with Gasteiger partial charge < -0.3 is 5.11 Å². The van der Waals surface area contributed by atoms with Gasteiger partial charge in [-0.05, 0) is 42.3 Å². The van der Waals surface area contributed by atoms with Crippen LogP contribution in [0.5, 0.6) is 0 Å². The molecule has 0 spiro atoms. The van der Waals surface area contributed by atoms with E-state index < -0.39 is 33.0 Å². The largest absolute Gasteiger partial charge is 0.384 e. The predicted octanol–water partition coefficient (Wildman–Crippen LogP) is 2.29. The van der Waals surface area contributed by atoms with Gasteiger partial charge in [0.1, 0.15) is 17.2 Å². The summed E-state index contributed by atoms with van der Waals surface area (Å²) >= 11 is 0. The molecule has 0 amide bonds. The Bertz CT molecular complexity index is 774. The minimum Gasteiger partial charge on any atom is -0.384 e. The summed E-state index contributed by atoms with van der Waals surface area (Å²) in [6, 6.07) is 10.4. The van der Waals surface area contributed by atoms with Gasteiger partial charge in [-0.1, -0.05) is 24.3 Å². The van der Waals surface area contributed by atoms with Crippen LogP contribution in [0.1, 0.15) is 18.1 Å². The normalized spacial score (nSPS) is 14.4. The van der Waals surface area contributed by atoms with E-state index in [-0.39, 0.29) is 6.54 Å². The highest BCUT2D eigenvalue weighted by Gasteiger charge is 2.25. The van der Waals surface area contributed by atoms with Crippen LogP contribution in [-0.4, -0.2) is 20.1 Å². The quantitative estimate of drug-likeness (QED) is 0.847. The second-order valence-electron chi connectivity index (χ2n) is 5.49. The van der Waals surface area contributed by atoms with Crippen LogP contribution in [0.15, 0.2) is 48.5 Å². The monoisotopic (exact) mass is 341 g/mol. The molecule has 0 saturated heterocycles. The number of aliphatic hydroxyl groups is 1. The van der Waals surface area contributed by atoms with Crippen LogP contribution in [0.2, 0.25) is 0 Å². The summed E-state index contributed by atoms with van der Waals surface area (Å²) in [5.74, 6) is -1.36. The molecule has 2 rings (SSSR count). The zero-order valence-corrected chi connectivity index (χ0v) is 13.3. The minimum atomic E-state index is -3.75. The molecule has 0 bridgehead atoms. The number of sulfonamides is 1. The first kappa shape index (κ1) is 17.5. The fourth-order valence-corrected chi connectivity index (χ4v) is 3.28. The molecule has 1 unspecified atom stereocenters. The van der Waals surface area contributed by atoms with Gasteiger partial charge in [-0.25, -0.2) is 21.9 Å². The number of hydrogen-bond donors (Lipinski definition) is 2. The van der Waals surface area contributed by atoms with Crippen LogP contribution in [-0.2, 0) is 21.4 Å². The highest BCUT2D eigenvalue weighted by atomic mass is 32.2. The smallest absolute Gasteiger partial charge is 0.215 e. The van der Waals surface area contributed by atoms with E-state index in [4.69, 9.17) is 0 Å². The average Bonchev–Trinajstić information content (AvgIpc) is 2.45. The maximum atomic E-state index is 13.1. The number of benzene rings is 2. The van der Waals surface area contributed by atoms with Crippen molar-refractivity contribution in [3.05, 3.63) is 71.3 Å². The highest BCUT2D eigenvalue weighted by molar-refractivity contribution is 7.88. The molecule has 0 aliphatic heterocycles. The molecule has 0 fully saturated rings. The summed E-state index contributed by atoms with van der Waals surface area (Å²) in [5.41, 5.74) is -0.811. The van der Waals surface area contributed by atoms with E-state index in [1.165, 1.54) is 49.4 Å². The van der Waals surface area contributed by atoms with Crippen molar-refractivity contribution in [2.45, 2.75) is 18.3 Å². The Morgan fingerprint density at radius 2 is 1.74 bits per heavy atom. The van der Waals surface area contributed by atoms with Gasteiger partial charge in [0.25, 0.3) is 0 Å². The molecule has 124 valence electrons. The SMILES string of the molecule is CC(O)(CNS(=O)(=O)Cc1cccc(F)c1)c1ccc(F)cc1. The molecule has 2 N–H and O–H groups in total. The van der Waals surface area contributed by atoms with Crippen molar-refractivity contribution < 1.29 is 22.3 Å². The Morgan fingerprint density at radius 3 is 2.35 bits per heavy atom. The zero-order valence-electron chi connectivity index (χ0n) is 12.5. The topological polar surface area (TPSA) is 66.4 Å². The third kappa shape index (κ3) is 5.09. The van der Waals surface area contributed by atoms with Crippen molar-refractivity contribution in [3.8, 4) is 0 Å². The van der Waals surface area contributed by atoms with Crippen molar-refractivity contribution in [2.75, 3.05) is 6.54 Å². The van der Waals surface area contributed by atoms with Crippen molar-refractivity contribution in [1.29, 1.82) is 0 Å². The van der Waals surface area contributed by atoms with E-state index in [9.17, 15) is 22.3 Å². The molecule has 0 radical (unpaired) electrons. The molecule has 0 aliphatic rings. The van der Waals surface area contributed by atoms with E-state index in [1.54, 1.807) is 0 Å². The summed E-state index contributed by atoms with van der Waals surface area (Å²) in [7, 11) is -3.75. The summed E-state index contributed by atoms with van der Waals surface area (Å²) in [6.07, 6.45) is 0. The van der Waals surface area contributed by atoms with E-state index >= 15 is 0 Å². The second kappa shape index (κ2) is 6.74. The standard InChI is InChI=1S/C16H17F2NO3S/c1-16(20,13-5-7-14(17)8-6-13)11-19-23(21,22)10-12-3-2-4-15(18)9-12/h2-9,19-20H,10-11H2,1H3. The van der Waals surface area contributed by atoms with Crippen LogP contribution in [0.3, 0.4) is 0 Å². The zero-order chi connectivity index (χ0) is 17.1. The van der Waals surface area contributed by atoms with Gasteiger partial charge in [-0.3, -0.25) is 0 Å². The first-order valence-electron chi connectivity index (χ1n) is 6.88. The fourth-order valence-electron chi connectivity index (χ4n) is 2.06. The maximum absolute atomic E-state index is 13.1. The predicted molar refractivity (Wildman–Crippen MR) is 83.0 cm³/mol. The summed E-state index contributed by atoms with van der Waals surface area (Å²) in [5, 5.41) is 10.3. The van der Waals surface area contributed by atoms with Crippen LogP contribution < -0.4 is 4.72 Å². The van der Waals surface area contributed by atoms with Crippen molar-refractivity contribution in [1.82, 2.24) is 4.72 Å². The maximum Gasteiger partial charge on any atom is 0.215 e. The molecule has 23 heavy (non-hydrogen) atoms. The number of hydrogen-bond acceptors (Lipinski definition) is 3. The van der Waals surface area contributed by atoms with Crippen molar-refractivity contribution >= 4 is 10.0 Å². The fraction of sp³-hybridized carbons (Fsp3) is 0.250. The molecule has 0 saturated carbocycles. The molecule has 2 aromatic rings. The van der Waals surface area contributed by atoms with Crippen molar-refractivity contribution in [2.24, 2.45) is 0 Å². The lowest BCUT2D eigenvalue weighted by Gasteiger charge is -2.24. The third-order valence-electron chi connectivity index (χ3n) is 3.35. The molecular formula is C16H17F2NO3S. The van der Waals surface area contributed by atoms with E-state index in [0.29, 0.717) is 11.1 Å². The Labute approximate surface area is 133 Å². The summed E-state index contributed by atoms with van der Waals surface area (Å²) in [6.45, 7) is 1.14. The van der Waals surface area contributed by atoms with Gasteiger partial charge in [-0.2, -0.15) is 0 Å². The Balaban J connectivity index is 2.04. The molecule has 1 atom stereocenters. The Hall–Kier alpha value is -1.83. The molecule has 4 nitrogen and oxygen atoms in total. The highest BCUT2D eigenvalue weighted by Crippen LogP contribution is 2.20. The van der Waals surface area contributed by atoms with Gasteiger partial charge in [0.15, 0.2) is 0 Å². The molecule has 0 aliphatic carbocycles. The van der Waals surface area contributed by atoms with Crippen LogP contribution >= 0.6 is 0 Å². The van der Waals surface area contributed by atoms with Crippen LogP contribution in [0.4, 0.5) is 8.78 Å². The Morgan fingerprint density at radius 1 is 1.09 bits per heavy atom. The molecular weight excluding hydrogens is 324 g/mol. The molecule has 2 aromatic carbocycles. The van der Waals surface area contributed by atoms with E-state index in [0.717, 1.165) is 6.07 Å². The van der Waals surface area contributed by atoms with Crippen LogP contribution in [0.25, 0.3) is 0 Å². The lowest BCUT2D eigenvalue weighted by Crippen LogP contribution is -2.39. The van der Waals surface area contributed by atoms with Gasteiger partial charge in [0, 0.05) is 6.54 Å². The Kier molecular flexibility index (Phi) is 5.13. The number of halogens is 2. The molecule has 0 heterocycles.